The third-order valence-electron chi connectivity index (χ3n) is 3.59. The van der Waals surface area contributed by atoms with E-state index in [1.807, 2.05) is 34.9 Å². The van der Waals surface area contributed by atoms with Crippen LogP contribution in [0.3, 0.4) is 0 Å². The molecule has 2 saturated heterocycles. The van der Waals surface area contributed by atoms with E-state index in [1.54, 1.807) is 7.11 Å². The molecular weight excluding hydrogens is 325 g/mol. The Labute approximate surface area is 124 Å². The van der Waals surface area contributed by atoms with Crippen LogP contribution in [0, 0.1) is 6.92 Å². The number of ether oxygens (including phenoxy) is 1. The van der Waals surface area contributed by atoms with Crippen LogP contribution in [0.2, 0.25) is 5.32 Å². The molecule has 2 heterocycles. The SMILES string of the molecule is CO[C@@H]1C(=O)N(c2ccccc2C)[C@@]12SCCC[Se]2. The Morgan fingerprint density at radius 2 is 2.26 bits per heavy atom. The zero-order valence-corrected chi connectivity index (χ0v) is 13.6. The summed E-state index contributed by atoms with van der Waals surface area (Å²) in [5.41, 5.74) is 2.21. The molecular formula is C14H17NO2SSe. The second-order valence-electron chi connectivity index (χ2n) is 4.76. The maximum absolute atomic E-state index is 12.4. The molecule has 2 aliphatic heterocycles. The van der Waals surface area contributed by atoms with Crippen LogP contribution in [0.5, 0.6) is 0 Å². The zero-order chi connectivity index (χ0) is 13.5. The van der Waals surface area contributed by atoms with Gasteiger partial charge in [0.05, 0.1) is 0 Å². The van der Waals surface area contributed by atoms with E-state index in [-0.39, 0.29) is 15.8 Å². The summed E-state index contributed by atoms with van der Waals surface area (Å²) >= 11 is 2.32. The Morgan fingerprint density at radius 3 is 2.89 bits per heavy atom. The second kappa shape index (κ2) is 5.13. The van der Waals surface area contributed by atoms with Gasteiger partial charge in [0.25, 0.3) is 0 Å². The fourth-order valence-electron chi connectivity index (χ4n) is 2.65. The summed E-state index contributed by atoms with van der Waals surface area (Å²) in [5, 5.41) is 1.23. The number of aryl methyl sites for hydroxylation is 1. The van der Waals surface area contributed by atoms with Crippen LogP contribution in [0.15, 0.2) is 24.3 Å². The summed E-state index contributed by atoms with van der Waals surface area (Å²) in [4.78, 5) is 14.4. The molecule has 102 valence electrons. The molecule has 5 heteroatoms. The molecule has 0 aliphatic carbocycles. The first-order valence-corrected chi connectivity index (χ1v) is 9.46. The molecule has 1 spiro atoms. The number of amides is 1. The molecule has 19 heavy (non-hydrogen) atoms. The van der Waals surface area contributed by atoms with Crippen molar-refractivity contribution in [2.45, 2.75) is 28.5 Å². The minimum atomic E-state index is -0.252. The van der Waals surface area contributed by atoms with Crippen molar-refractivity contribution in [2.75, 3.05) is 17.8 Å². The Balaban J connectivity index is 2.00. The van der Waals surface area contributed by atoms with Crippen molar-refractivity contribution in [2.24, 2.45) is 0 Å². The summed E-state index contributed by atoms with van der Waals surface area (Å²) in [6.45, 7) is 2.07. The zero-order valence-electron chi connectivity index (χ0n) is 11.1. The molecule has 0 radical (unpaired) electrons. The third-order valence-corrected chi connectivity index (χ3v) is 8.98. The predicted octanol–water partition coefficient (Wildman–Crippen LogP) is 2.27. The molecule has 1 aromatic carbocycles. The fourth-order valence-corrected chi connectivity index (χ4v) is 8.49. The van der Waals surface area contributed by atoms with Crippen molar-refractivity contribution in [3.05, 3.63) is 29.8 Å². The van der Waals surface area contributed by atoms with Gasteiger partial charge in [-0.25, -0.2) is 0 Å². The third kappa shape index (κ3) is 1.95. The second-order valence-corrected chi connectivity index (χ2v) is 9.43. The van der Waals surface area contributed by atoms with E-state index >= 15 is 0 Å². The summed E-state index contributed by atoms with van der Waals surface area (Å²) in [6.07, 6.45) is 1.01. The molecule has 2 aliphatic rings. The van der Waals surface area contributed by atoms with Gasteiger partial charge in [0, 0.05) is 0 Å². The number of carbonyl (C=O) groups is 1. The van der Waals surface area contributed by atoms with Crippen LogP contribution in [0.4, 0.5) is 5.69 Å². The normalized spacial score (nSPS) is 30.5. The number of anilines is 1. The molecule has 0 unspecified atom stereocenters. The Kier molecular flexibility index (Phi) is 3.65. The van der Waals surface area contributed by atoms with E-state index in [1.165, 1.54) is 11.7 Å². The quantitative estimate of drug-likeness (QED) is 0.610. The van der Waals surface area contributed by atoms with Crippen molar-refractivity contribution in [3.63, 3.8) is 0 Å². The first-order valence-electron chi connectivity index (χ1n) is 6.41. The van der Waals surface area contributed by atoms with Crippen LogP contribution in [-0.2, 0) is 9.53 Å². The van der Waals surface area contributed by atoms with Crippen LogP contribution >= 0.6 is 11.8 Å². The van der Waals surface area contributed by atoms with Gasteiger partial charge in [-0.3, -0.25) is 0 Å². The van der Waals surface area contributed by atoms with Gasteiger partial charge in [0.15, 0.2) is 0 Å². The van der Waals surface area contributed by atoms with E-state index in [9.17, 15) is 4.79 Å². The number of hydrogen-bond donors (Lipinski definition) is 0. The topological polar surface area (TPSA) is 29.5 Å². The molecule has 1 amide bonds. The fraction of sp³-hybridized carbons (Fsp3) is 0.500. The van der Waals surface area contributed by atoms with Crippen molar-refractivity contribution < 1.29 is 9.53 Å². The number of carbonyl (C=O) groups excluding carboxylic acids is 1. The average molecular weight is 342 g/mol. The van der Waals surface area contributed by atoms with E-state index in [0.29, 0.717) is 15.0 Å². The molecule has 0 saturated carbocycles. The Hall–Kier alpha value is -0.481. The summed E-state index contributed by atoms with van der Waals surface area (Å²) in [5.74, 6) is 1.24. The molecule has 0 aromatic heterocycles. The molecule has 2 fully saturated rings. The van der Waals surface area contributed by atoms with Crippen molar-refractivity contribution in [3.8, 4) is 0 Å². The molecule has 1 aromatic rings. The number of methoxy groups -OCH3 is 1. The number of β-lactam (4-membered cyclic amide) rings is 1. The minimum absolute atomic E-state index is 0.108. The van der Waals surface area contributed by atoms with Gasteiger partial charge >= 0.3 is 124 Å². The molecule has 0 bridgehead atoms. The molecule has 3 rings (SSSR count). The van der Waals surface area contributed by atoms with Gasteiger partial charge < -0.3 is 0 Å². The standard InChI is InChI=1S/C14H17NO2SSe/c1-10-6-3-4-7-11(10)15-13(16)12(17-2)14(15)18-8-5-9-19-14/h3-4,6-7,12H,5,8-9H2,1-2H3/t12-,14-/m1/s1. The number of nitrogens with zero attached hydrogens (tertiary/aromatic N) is 1. The van der Waals surface area contributed by atoms with E-state index in [0.717, 1.165) is 17.0 Å². The summed E-state index contributed by atoms with van der Waals surface area (Å²) in [7, 11) is 1.66. The van der Waals surface area contributed by atoms with Gasteiger partial charge in [-0.1, -0.05) is 0 Å². The molecule has 2 atom stereocenters. The summed E-state index contributed by atoms with van der Waals surface area (Å²) < 4.78 is 5.38. The van der Waals surface area contributed by atoms with Crippen molar-refractivity contribution >= 4 is 38.3 Å². The number of benzene rings is 1. The first-order chi connectivity index (χ1) is 9.20. The van der Waals surface area contributed by atoms with Crippen LogP contribution in [-0.4, -0.2) is 43.6 Å². The van der Waals surface area contributed by atoms with E-state index < -0.39 is 0 Å². The predicted molar refractivity (Wildman–Crippen MR) is 79.8 cm³/mol. The van der Waals surface area contributed by atoms with E-state index in [4.69, 9.17) is 4.74 Å². The van der Waals surface area contributed by atoms with Crippen LogP contribution in [0.1, 0.15) is 12.0 Å². The van der Waals surface area contributed by atoms with E-state index in [2.05, 4.69) is 13.0 Å². The van der Waals surface area contributed by atoms with Crippen molar-refractivity contribution in [1.29, 1.82) is 0 Å². The molecule has 0 N–H and O–H groups in total. The number of rotatable bonds is 2. The first kappa shape index (κ1) is 13.5. The number of para-hydroxylation sites is 1. The number of thioether (sulfide) groups is 1. The van der Waals surface area contributed by atoms with Crippen LogP contribution in [0.25, 0.3) is 0 Å². The van der Waals surface area contributed by atoms with Gasteiger partial charge in [0.2, 0.25) is 0 Å². The Bertz CT molecular complexity index is 502. The van der Waals surface area contributed by atoms with Crippen LogP contribution < -0.4 is 4.90 Å². The monoisotopic (exact) mass is 343 g/mol. The van der Waals surface area contributed by atoms with Gasteiger partial charge in [-0.15, -0.1) is 0 Å². The average Bonchev–Trinajstić information content (AvgIpc) is 2.43. The summed E-state index contributed by atoms with van der Waals surface area (Å²) in [6, 6.07) is 8.13. The van der Waals surface area contributed by atoms with Gasteiger partial charge in [-0.05, 0) is 0 Å². The maximum atomic E-state index is 12.4. The van der Waals surface area contributed by atoms with Crippen molar-refractivity contribution in [1.82, 2.24) is 0 Å². The number of hydrogen-bond acceptors (Lipinski definition) is 3. The molecule has 3 nitrogen and oxygen atoms in total. The van der Waals surface area contributed by atoms with Gasteiger partial charge in [0.1, 0.15) is 0 Å². The van der Waals surface area contributed by atoms with Gasteiger partial charge in [-0.2, -0.15) is 0 Å². The Morgan fingerprint density at radius 1 is 1.47 bits per heavy atom.